The summed E-state index contributed by atoms with van der Waals surface area (Å²) in [6.07, 6.45) is -0.0655. The largest absolute Gasteiger partial charge is 0.497 e. The van der Waals surface area contributed by atoms with Crippen molar-refractivity contribution in [3.63, 3.8) is 0 Å². The van der Waals surface area contributed by atoms with Crippen molar-refractivity contribution in [3.8, 4) is 11.5 Å². The lowest BCUT2D eigenvalue weighted by Gasteiger charge is -2.26. The molecule has 2 rings (SSSR count). The van der Waals surface area contributed by atoms with E-state index >= 15 is 0 Å². The van der Waals surface area contributed by atoms with Gasteiger partial charge in [-0.3, -0.25) is 4.79 Å². The molecule has 0 fully saturated rings. The van der Waals surface area contributed by atoms with Crippen molar-refractivity contribution in [2.45, 2.75) is 36.8 Å². The van der Waals surface area contributed by atoms with Crippen molar-refractivity contribution >= 4 is 15.7 Å². The molecule has 1 amide bonds. The van der Waals surface area contributed by atoms with Gasteiger partial charge in [0.25, 0.3) is 0 Å². The molecule has 31 heavy (non-hydrogen) atoms. The van der Waals surface area contributed by atoms with Crippen molar-refractivity contribution in [2.75, 3.05) is 33.4 Å². The SMILES string of the molecule is CCN(CC)CCOc1cccc(CC(C)(C(N)=O)S(=O)(=O)c2ccc(OC)cc2)c1. The maximum Gasteiger partial charge on any atom is 0.239 e. The summed E-state index contributed by atoms with van der Waals surface area (Å²) < 4.78 is 35.7. The third kappa shape index (κ3) is 5.77. The highest BCUT2D eigenvalue weighted by molar-refractivity contribution is 7.93. The number of likely N-dealkylation sites (N-methyl/N-ethyl adjacent to an activating group) is 1. The van der Waals surface area contributed by atoms with Gasteiger partial charge in [-0.1, -0.05) is 26.0 Å². The lowest BCUT2D eigenvalue weighted by molar-refractivity contribution is -0.120. The number of hydrogen-bond donors (Lipinski definition) is 1. The van der Waals surface area contributed by atoms with Crippen LogP contribution in [0.15, 0.2) is 53.4 Å². The molecule has 0 aliphatic heterocycles. The fourth-order valence-electron chi connectivity index (χ4n) is 3.30. The molecule has 0 saturated heterocycles. The third-order valence-electron chi connectivity index (χ3n) is 5.49. The fraction of sp³-hybridized carbons (Fsp3) is 0.435. The predicted octanol–water partition coefficient (Wildman–Crippen LogP) is 2.68. The Morgan fingerprint density at radius 3 is 2.26 bits per heavy atom. The molecule has 7 nitrogen and oxygen atoms in total. The molecule has 0 spiro atoms. The van der Waals surface area contributed by atoms with E-state index in [9.17, 15) is 13.2 Å². The molecule has 2 aromatic carbocycles. The van der Waals surface area contributed by atoms with Crippen LogP contribution >= 0.6 is 0 Å². The van der Waals surface area contributed by atoms with Crippen LogP contribution in [0, 0.1) is 0 Å². The van der Waals surface area contributed by atoms with Crippen LogP contribution in [-0.4, -0.2) is 57.3 Å². The summed E-state index contributed by atoms with van der Waals surface area (Å²) in [6.45, 7) is 8.75. The zero-order valence-corrected chi connectivity index (χ0v) is 19.4. The van der Waals surface area contributed by atoms with Gasteiger partial charge in [0.15, 0.2) is 14.6 Å². The Labute approximate surface area is 185 Å². The van der Waals surface area contributed by atoms with Crippen LogP contribution < -0.4 is 15.2 Å². The molecule has 0 aromatic heterocycles. The average Bonchev–Trinajstić information content (AvgIpc) is 2.76. The topological polar surface area (TPSA) is 98.9 Å². The minimum Gasteiger partial charge on any atom is -0.497 e. The molecule has 2 aromatic rings. The summed E-state index contributed by atoms with van der Waals surface area (Å²) in [7, 11) is -2.55. The summed E-state index contributed by atoms with van der Waals surface area (Å²) in [5.74, 6) is 0.240. The first-order chi connectivity index (χ1) is 14.7. The number of benzene rings is 2. The van der Waals surface area contributed by atoms with Crippen molar-refractivity contribution in [1.29, 1.82) is 0 Å². The van der Waals surface area contributed by atoms with E-state index in [0.717, 1.165) is 19.6 Å². The number of methoxy groups -OCH3 is 1. The molecule has 0 aliphatic carbocycles. The van der Waals surface area contributed by atoms with Crippen molar-refractivity contribution in [3.05, 3.63) is 54.1 Å². The number of ether oxygens (including phenoxy) is 2. The Hall–Kier alpha value is -2.58. The predicted molar refractivity (Wildman–Crippen MR) is 121 cm³/mol. The van der Waals surface area contributed by atoms with Crippen LogP contribution in [0.1, 0.15) is 26.3 Å². The molecule has 0 bridgehead atoms. The Kier molecular flexibility index (Phi) is 8.47. The highest BCUT2D eigenvalue weighted by Crippen LogP contribution is 2.31. The van der Waals surface area contributed by atoms with Gasteiger partial charge in [-0.2, -0.15) is 0 Å². The molecule has 170 valence electrons. The van der Waals surface area contributed by atoms with Crippen LogP contribution in [0.2, 0.25) is 0 Å². The number of carbonyl (C=O) groups is 1. The van der Waals surface area contributed by atoms with E-state index in [0.29, 0.717) is 23.7 Å². The van der Waals surface area contributed by atoms with Gasteiger partial charge < -0.3 is 20.1 Å². The standard InChI is InChI=1S/C23H32N2O5S/c1-5-25(6-2)14-15-30-20-9-7-8-18(16-20)17-23(3,22(24)26)31(27,28)21-12-10-19(29-4)11-13-21/h7-13,16H,5-6,14-15,17H2,1-4H3,(H2,24,26). The van der Waals surface area contributed by atoms with Crippen molar-refractivity contribution in [1.82, 2.24) is 4.90 Å². The molecule has 0 heterocycles. The van der Waals surface area contributed by atoms with E-state index in [1.54, 1.807) is 30.3 Å². The summed E-state index contributed by atoms with van der Waals surface area (Å²) in [4.78, 5) is 14.6. The number of nitrogens with zero attached hydrogens (tertiary/aromatic N) is 1. The molecule has 0 radical (unpaired) electrons. The highest BCUT2D eigenvalue weighted by Gasteiger charge is 2.46. The molecule has 2 N–H and O–H groups in total. The third-order valence-corrected chi connectivity index (χ3v) is 7.92. The summed E-state index contributed by atoms with van der Waals surface area (Å²) in [5.41, 5.74) is 6.25. The quantitative estimate of drug-likeness (QED) is 0.536. The van der Waals surface area contributed by atoms with E-state index < -0.39 is 20.5 Å². The van der Waals surface area contributed by atoms with E-state index in [2.05, 4.69) is 18.7 Å². The first-order valence-electron chi connectivity index (χ1n) is 10.3. The Morgan fingerprint density at radius 2 is 1.71 bits per heavy atom. The van der Waals surface area contributed by atoms with Gasteiger partial charge in [-0.05, 0) is 62.0 Å². The van der Waals surface area contributed by atoms with Gasteiger partial charge in [0.1, 0.15) is 18.1 Å². The Bertz CT molecular complexity index is 972. The van der Waals surface area contributed by atoms with Gasteiger partial charge in [0.2, 0.25) is 5.91 Å². The Balaban J connectivity index is 2.24. The number of nitrogens with two attached hydrogens (primary N) is 1. The van der Waals surface area contributed by atoms with Crippen LogP contribution in [0.3, 0.4) is 0 Å². The van der Waals surface area contributed by atoms with Gasteiger partial charge in [0.05, 0.1) is 12.0 Å². The summed E-state index contributed by atoms with van der Waals surface area (Å²) in [5, 5.41) is 0. The molecular weight excluding hydrogens is 416 g/mol. The second kappa shape index (κ2) is 10.6. The van der Waals surface area contributed by atoms with Crippen LogP contribution in [0.4, 0.5) is 0 Å². The smallest absolute Gasteiger partial charge is 0.239 e. The second-order valence-corrected chi connectivity index (χ2v) is 9.85. The lowest BCUT2D eigenvalue weighted by atomic mass is 9.99. The van der Waals surface area contributed by atoms with Gasteiger partial charge in [0, 0.05) is 13.0 Å². The summed E-state index contributed by atoms with van der Waals surface area (Å²) >= 11 is 0. The van der Waals surface area contributed by atoms with Crippen LogP contribution in [0.5, 0.6) is 11.5 Å². The Morgan fingerprint density at radius 1 is 1.06 bits per heavy atom. The minimum absolute atomic E-state index is 0.0150. The molecule has 1 unspecified atom stereocenters. The molecule has 8 heteroatoms. The number of primary amides is 1. The molecular formula is C23H32N2O5S. The molecule has 0 aliphatic rings. The van der Waals surface area contributed by atoms with Crippen molar-refractivity contribution < 1.29 is 22.7 Å². The van der Waals surface area contributed by atoms with E-state index in [4.69, 9.17) is 15.2 Å². The number of sulfone groups is 1. The van der Waals surface area contributed by atoms with E-state index in [-0.39, 0.29) is 11.3 Å². The summed E-state index contributed by atoms with van der Waals surface area (Å²) in [6, 6.07) is 13.0. The number of amides is 1. The zero-order valence-electron chi connectivity index (χ0n) is 18.6. The molecule has 0 saturated carbocycles. The normalized spacial score (nSPS) is 13.6. The van der Waals surface area contributed by atoms with Crippen molar-refractivity contribution in [2.24, 2.45) is 5.73 Å². The van der Waals surface area contributed by atoms with E-state index in [1.807, 2.05) is 6.07 Å². The second-order valence-electron chi connectivity index (χ2n) is 7.47. The maximum absolute atomic E-state index is 13.3. The first kappa shape index (κ1) is 24.7. The number of rotatable bonds is 12. The van der Waals surface area contributed by atoms with Crippen LogP contribution in [-0.2, 0) is 21.1 Å². The number of hydrogen-bond acceptors (Lipinski definition) is 6. The van der Waals surface area contributed by atoms with Crippen LogP contribution in [0.25, 0.3) is 0 Å². The monoisotopic (exact) mass is 448 g/mol. The van der Waals surface area contributed by atoms with Gasteiger partial charge in [-0.15, -0.1) is 0 Å². The highest BCUT2D eigenvalue weighted by atomic mass is 32.2. The zero-order chi connectivity index (χ0) is 23.1. The van der Waals surface area contributed by atoms with Gasteiger partial charge >= 0.3 is 0 Å². The minimum atomic E-state index is -4.05. The average molecular weight is 449 g/mol. The fourth-order valence-corrected chi connectivity index (χ4v) is 4.93. The maximum atomic E-state index is 13.3. The lowest BCUT2D eigenvalue weighted by Crippen LogP contribution is -2.49. The molecule has 1 atom stereocenters. The van der Waals surface area contributed by atoms with Gasteiger partial charge in [-0.25, -0.2) is 8.42 Å². The first-order valence-corrected chi connectivity index (χ1v) is 11.8. The number of carbonyl (C=O) groups excluding carboxylic acids is 1. The van der Waals surface area contributed by atoms with E-state index in [1.165, 1.54) is 26.2 Å².